The second-order valence-electron chi connectivity index (χ2n) is 5.23. The standard InChI is InChI=1S/C17H18N2O4/c1-11-16(23-14-6-4-3-5-13(14)22-11)17(20)19-10-12-7-8-18-15(9-12)21-2/h3-9,11,16H,10H2,1-2H3,(H,19,20)/t11-,16-/m0/s1. The van der Waals surface area contributed by atoms with Crippen molar-refractivity contribution in [1.82, 2.24) is 10.3 Å². The van der Waals surface area contributed by atoms with Gasteiger partial charge in [-0.25, -0.2) is 4.98 Å². The number of rotatable bonds is 4. The fourth-order valence-electron chi connectivity index (χ4n) is 2.37. The number of ether oxygens (including phenoxy) is 3. The maximum atomic E-state index is 12.4. The van der Waals surface area contributed by atoms with E-state index in [-0.39, 0.29) is 12.0 Å². The van der Waals surface area contributed by atoms with Gasteiger partial charge in [0, 0.05) is 18.8 Å². The number of hydrogen-bond acceptors (Lipinski definition) is 5. The third kappa shape index (κ3) is 3.36. The van der Waals surface area contributed by atoms with Crippen LogP contribution in [-0.4, -0.2) is 30.2 Å². The number of aromatic nitrogens is 1. The molecule has 1 N–H and O–H groups in total. The number of benzene rings is 1. The zero-order valence-corrected chi connectivity index (χ0v) is 13.0. The molecule has 0 saturated carbocycles. The van der Waals surface area contributed by atoms with Gasteiger partial charge in [0.2, 0.25) is 12.0 Å². The predicted octanol–water partition coefficient (Wildman–Crippen LogP) is 1.93. The first-order valence-electron chi connectivity index (χ1n) is 7.36. The first kappa shape index (κ1) is 15.1. The number of carbonyl (C=O) groups excluding carboxylic acids is 1. The van der Waals surface area contributed by atoms with Crippen LogP contribution in [-0.2, 0) is 11.3 Å². The van der Waals surface area contributed by atoms with Crippen LogP contribution in [0, 0.1) is 0 Å². The van der Waals surface area contributed by atoms with Gasteiger partial charge < -0.3 is 19.5 Å². The van der Waals surface area contributed by atoms with Gasteiger partial charge in [-0.3, -0.25) is 4.79 Å². The molecular weight excluding hydrogens is 296 g/mol. The van der Waals surface area contributed by atoms with Gasteiger partial charge in [-0.1, -0.05) is 12.1 Å². The van der Waals surface area contributed by atoms with Crippen LogP contribution in [0.1, 0.15) is 12.5 Å². The number of carbonyl (C=O) groups is 1. The van der Waals surface area contributed by atoms with E-state index in [2.05, 4.69) is 10.3 Å². The monoisotopic (exact) mass is 314 g/mol. The lowest BCUT2D eigenvalue weighted by Crippen LogP contribution is -2.48. The van der Waals surface area contributed by atoms with Crippen molar-refractivity contribution in [3.8, 4) is 17.4 Å². The lowest BCUT2D eigenvalue weighted by molar-refractivity contribution is -0.133. The van der Waals surface area contributed by atoms with Crippen LogP contribution in [0.3, 0.4) is 0 Å². The fraction of sp³-hybridized carbons (Fsp3) is 0.294. The molecule has 1 aliphatic rings. The normalized spacial score (nSPS) is 19.0. The molecule has 0 spiro atoms. The van der Waals surface area contributed by atoms with Crippen LogP contribution in [0.15, 0.2) is 42.6 Å². The number of hydrogen-bond donors (Lipinski definition) is 1. The topological polar surface area (TPSA) is 69.7 Å². The van der Waals surface area contributed by atoms with Gasteiger partial charge in [-0.05, 0) is 30.7 Å². The summed E-state index contributed by atoms with van der Waals surface area (Å²) in [6.45, 7) is 2.18. The number of amides is 1. The van der Waals surface area contributed by atoms with Gasteiger partial charge in [0.25, 0.3) is 5.91 Å². The van der Waals surface area contributed by atoms with Crippen LogP contribution >= 0.6 is 0 Å². The number of pyridine rings is 1. The van der Waals surface area contributed by atoms with Gasteiger partial charge in [-0.15, -0.1) is 0 Å². The molecule has 1 aromatic heterocycles. The van der Waals surface area contributed by atoms with Crippen LogP contribution in [0.2, 0.25) is 0 Å². The zero-order valence-electron chi connectivity index (χ0n) is 13.0. The summed E-state index contributed by atoms with van der Waals surface area (Å²) in [5, 5.41) is 2.85. The molecule has 120 valence electrons. The molecule has 1 aliphatic heterocycles. The van der Waals surface area contributed by atoms with Crippen LogP contribution in [0.4, 0.5) is 0 Å². The lowest BCUT2D eigenvalue weighted by Gasteiger charge is -2.31. The first-order chi connectivity index (χ1) is 11.2. The van der Waals surface area contributed by atoms with E-state index in [1.807, 2.05) is 31.2 Å². The van der Waals surface area contributed by atoms with Crippen molar-refractivity contribution < 1.29 is 19.0 Å². The largest absolute Gasteiger partial charge is 0.482 e. The minimum Gasteiger partial charge on any atom is -0.482 e. The van der Waals surface area contributed by atoms with Crippen molar-refractivity contribution in [3.05, 3.63) is 48.2 Å². The Labute approximate surface area is 134 Å². The highest BCUT2D eigenvalue weighted by molar-refractivity contribution is 5.82. The summed E-state index contributed by atoms with van der Waals surface area (Å²) in [4.78, 5) is 16.4. The predicted molar refractivity (Wildman–Crippen MR) is 83.6 cm³/mol. The molecule has 0 unspecified atom stereocenters. The molecule has 0 radical (unpaired) electrons. The summed E-state index contributed by atoms with van der Waals surface area (Å²) in [6, 6.07) is 10.9. The Morgan fingerprint density at radius 2 is 2.00 bits per heavy atom. The molecule has 2 heterocycles. The molecule has 0 aliphatic carbocycles. The van der Waals surface area contributed by atoms with E-state index in [9.17, 15) is 4.79 Å². The quantitative estimate of drug-likeness (QED) is 0.934. The SMILES string of the molecule is COc1cc(CNC(=O)[C@H]2Oc3ccccc3O[C@H]2C)ccn1. The third-order valence-corrected chi connectivity index (χ3v) is 3.58. The van der Waals surface area contributed by atoms with Gasteiger partial charge in [0.1, 0.15) is 6.10 Å². The summed E-state index contributed by atoms with van der Waals surface area (Å²) < 4.78 is 16.6. The van der Waals surface area contributed by atoms with Crippen molar-refractivity contribution >= 4 is 5.91 Å². The molecule has 0 saturated heterocycles. The molecule has 0 fully saturated rings. The molecule has 1 amide bonds. The molecule has 3 rings (SSSR count). The Hall–Kier alpha value is -2.76. The Balaban J connectivity index is 1.64. The summed E-state index contributed by atoms with van der Waals surface area (Å²) in [5.41, 5.74) is 0.898. The molecular formula is C17H18N2O4. The van der Waals surface area contributed by atoms with E-state index in [1.165, 1.54) is 0 Å². The number of para-hydroxylation sites is 2. The van der Waals surface area contributed by atoms with E-state index >= 15 is 0 Å². The zero-order chi connectivity index (χ0) is 16.2. The second-order valence-corrected chi connectivity index (χ2v) is 5.23. The summed E-state index contributed by atoms with van der Waals surface area (Å²) in [7, 11) is 1.55. The average molecular weight is 314 g/mol. The van der Waals surface area contributed by atoms with E-state index in [0.29, 0.717) is 23.9 Å². The minimum absolute atomic E-state index is 0.220. The van der Waals surface area contributed by atoms with Gasteiger partial charge in [0.05, 0.1) is 7.11 Å². The van der Waals surface area contributed by atoms with Crippen molar-refractivity contribution in [2.45, 2.75) is 25.7 Å². The summed E-state index contributed by atoms with van der Waals surface area (Å²) in [5.74, 6) is 1.53. The number of nitrogens with one attached hydrogen (secondary N) is 1. The Morgan fingerprint density at radius 3 is 2.74 bits per heavy atom. The summed E-state index contributed by atoms with van der Waals surface area (Å²) in [6.07, 6.45) is 0.588. The molecule has 6 heteroatoms. The molecule has 23 heavy (non-hydrogen) atoms. The van der Waals surface area contributed by atoms with Crippen LogP contribution < -0.4 is 19.5 Å². The number of nitrogens with zero attached hydrogens (tertiary/aromatic N) is 1. The number of fused-ring (bicyclic) bond motifs is 1. The van der Waals surface area contributed by atoms with Crippen LogP contribution in [0.25, 0.3) is 0 Å². The van der Waals surface area contributed by atoms with E-state index in [1.54, 1.807) is 25.4 Å². The highest BCUT2D eigenvalue weighted by Crippen LogP contribution is 2.33. The van der Waals surface area contributed by atoms with Gasteiger partial charge in [-0.2, -0.15) is 0 Å². The van der Waals surface area contributed by atoms with Crippen LogP contribution in [0.5, 0.6) is 17.4 Å². The molecule has 0 bridgehead atoms. The molecule has 6 nitrogen and oxygen atoms in total. The van der Waals surface area contributed by atoms with Gasteiger partial charge in [0.15, 0.2) is 11.5 Å². The van der Waals surface area contributed by atoms with Crippen molar-refractivity contribution in [2.24, 2.45) is 0 Å². The fourth-order valence-corrected chi connectivity index (χ4v) is 2.37. The Morgan fingerprint density at radius 1 is 1.26 bits per heavy atom. The van der Waals surface area contributed by atoms with Crippen molar-refractivity contribution in [3.63, 3.8) is 0 Å². The van der Waals surface area contributed by atoms with Gasteiger partial charge >= 0.3 is 0 Å². The Kier molecular flexibility index (Phi) is 4.32. The first-order valence-corrected chi connectivity index (χ1v) is 7.36. The van der Waals surface area contributed by atoms with Crippen molar-refractivity contribution in [1.29, 1.82) is 0 Å². The molecule has 2 atom stereocenters. The van der Waals surface area contributed by atoms with E-state index in [4.69, 9.17) is 14.2 Å². The molecule has 1 aromatic carbocycles. The molecule has 2 aromatic rings. The minimum atomic E-state index is -0.686. The smallest absolute Gasteiger partial charge is 0.265 e. The maximum Gasteiger partial charge on any atom is 0.265 e. The second kappa shape index (κ2) is 6.56. The van der Waals surface area contributed by atoms with E-state index in [0.717, 1.165) is 5.56 Å². The highest BCUT2D eigenvalue weighted by atomic mass is 16.6. The van der Waals surface area contributed by atoms with E-state index < -0.39 is 6.10 Å². The van der Waals surface area contributed by atoms with Crippen molar-refractivity contribution in [2.75, 3.05) is 7.11 Å². The summed E-state index contributed by atoms with van der Waals surface area (Å²) >= 11 is 0. The Bertz CT molecular complexity index is 704. The third-order valence-electron chi connectivity index (χ3n) is 3.58. The number of methoxy groups -OCH3 is 1. The maximum absolute atomic E-state index is 12.4. The lowest BCUT2D eigenvalue weighted by atomic mass is 10.1. The average Bonchev–Trinajstić information content (AvgIpc) is 2.59. The highest BCUT2D eigenvalue weighted by Gasteiger charge is 2.33.